The van der Waals surface area contributed by atoms with Crippen molar-refractivity contribution in [3.05, 3.63) is 66.5 Å². The Morgan fingerprint density at radius 3 is 2.03 bits per heavy atom. The Morgan fingerprint density at radius 1 is 0.759 bits per heavy atom. The van der Waals surface area contributed by atoms with Crippen molar-refractivity contribution < 1.29 is 8.78 Å². The van der Waals surface area contributed by atoms with E-state index in [0.717, 1.165) is 44.0 Å². The number of nitrogens with one attached hydrogen (secondary N) is 2. The Balaban J connectivity index is 1.41. The lowest BCUT2D eigenvalue weighted by molar-refractivity contribution is 0.313. The Morgan fingerprint density at radius 2 is 1.38 bits per heavy atom. The summed E-state index contributed by atoms with van der Waals surface area (Å²) in [5.41, 5.74) is 2.51. The third-order valence-electron chi connectivity index (χ3n) is 4.87. The molecule has 0 unspecified atom stereocenters. The summed E-state index contributed by atoms with van der Waals surface area (Å²) < 4.78 is 26.4. The Labute approximate surface area is 168 Å². The summed E-state index contributed by atoms with van der Waals surface area (Å²) in [6, 6.07) is 13.5. The van der Waals surface area contributed by atoms with Crippen molar-refractivity contribution in [1.29, 1.82) is 0 Å². The van der Waals surface area contributed by atoms with Gasteiger partial charge in [0.1, 0.15) is 18.0 Å². The van der Waals surface area contributed by atoms with Crippen LogP contribution < -0.4 is 15.5 Å². The van der Waals surface area contributed by atoms with Gasteiger partial charge < -0.3 is 20.4 Å². The number of aromatic nitrogens is 2. The fraction of sp³-hybridized carbons (Fsp3) is 0.238. The predicted octanol–water partition coefficient (Wildman–Crippen LogP) is 3.99. The summed E-state index contributed by atoms with van der Waals surface area (Å²) in [5, 5.41) is 6.18. The maximum atomic E-state index is 13.4. The minimum Gasteiger partial charge on any atom is -0.369 e. The van der Waals surface area contributed by atoms with Crippen LogP contribution in [0.1, 0.15) is 0 Å². The number of benzene rings is 2. The molecule has 29 heavy (non-hydrogen) atoms. The minimum absolute atomic E-state index is 0.407. The number of likely N-dealkylation sites (N-methyl/N-ethyl adjacent to an activating group) is 1. The van der Waals surface area contributed by atoms with Crippen LogP contribution in [0.25, 0.3) is 0 Å². The second-order valence-electron chi connectivity index (χ2n) is 7.00. The molecule has 2 N–H and O–H groups in total. The van der Waals surface area contributed by atoms with Crippen molar-refractivity contribution in [2.75, 3.05) is 48.8 Å². The van der Waals surface area contributed by atoms with E-state index in [2.05, 4.69) is 49.6 Å². The van der Waals surface area contributed by atoms with E-state index in [1.165, 1.54) is 18.1 Å². The SMILES string of the molecule is CN1CCN(c2ccc(Nc3cc(Nc4ccc(F)c(F)c4)ncn3)cc2)CC1. The van der Waals surface area contributed by atoms with Crippen molar-refractivity contribution in [3.63, 3.8) is 0 Å². The van der Waals surface area contributed by atoms with Crippen LogP contribution in [0.5, 0.6) is 0 Å². The number of halogens is 2. The molecule has 0 atom stereocenters. The lowest BCUT2D eigenvalue weighted by Gasteiger charge is -2.34. The molecule has 0 aliphatic carbocycles. The fourth-order valence-electron chi connectivity index (χ4n) is 3.18. The molecule has 4 rings (SSSR count). The molecule has 6 nitrogen and oxygen atoms in total. The highest BCUT2D eigenvalue weighted by Gasteiger charge is 2.14. The average Bonchev–Trinajstić information content (AvgIpc) is 2.72. The van der Waals surface area contributed by atoms with Crippen molar-refractivity contribution >= 4 is 28.7 Å². The van der Waals surface area contributed by atoms with Crippen molar-refractivity contribution in [2.24, 2.45) is 0 Å². The van der Waals surface area contributed by atoms with Gasteiger partial charge in [-0.05, 0) is 43.4 Å². The summed E-state index contributed by atoms with van der Waals surface area (Å²) in [4.78, 5) is 13.0. The standard InChI is InChI=1S/C21H22F2N6/c1-28-8-10-29(11-9-28)17-5-2-15(3-6-17)26-20-13-21(25-14-24-20)27-16-4-7-18(22)19(23)12-16/h2-7,12-14H,8-11H2,1H3,(H2,24,25,26,27). The zero-order valence-electron chi connectivity index (χ0n) is 16.1. The third-order valence-corrected chi connectivity index (χ3v) is 4.87. The van der Waals surface area contributed by atoms with Crippen LogP contribution in [0.3, 0.4) is 0 Å². The normalized spacial score (nSPS) is 14.7. The first-order valence-corrected chi connectivity index (χ1v) is 9.41. The molecule has 150 valence electrons. The number of nitrogens with zero attached hydrogens (tertiary/aromatic N) is 4. The molecule has 0 saturated carbocycles. The topological polar surface area (TPSA) is 56.3 Å². The second kappa shape index (κ2) is 8.40. The highest BCUT2D eigenvalue weighted by molar-refractivity contribution is 5.64. The zero-order chi connectivity index (χ0) is 20.2. The lowest BCUT2D eigenvalue weighted by atomic mass is 10.2. The van der Waals surface area contributed by atoms with Gasteiger partial charge in [0.25, 0.3) is 0 Å². The summed E-state index contributed by atoms with van der Waals surface area (Å²) in [6.07, 6.45) is 1.41. The molecule has 1 fully saturated rings. The van der Waals surface area contributed by atoms with Crippen molar-refractivity contribution in [3.8, 4) is 0 Å². The highest BCUT2D eigenvalue weighted by atomic mass is 19.2. The summed E-state index contributed by atoms with van der Waals surface area (Å²) >= 11 is 0. The average molecular weight is 396 g/mol. The van der Waals surface area contributed by atoms with E-state index >= 15 is 0 Å². The molecule has 8 heteroatoms. The van der Waals surface area contributed by atoms with Crippen LogP contribution in [0.15, 0.2) is 54.9 Å². The van der Waals surface area contributed by atoms with Crippen LogP contribution in [0, 0.1) is 11.6 Å². The predicted molar refractivity (Wildman–Crippen MR) is 111 cm³/mol. The van der Waals surface area contributed by atoms with E-state index in [-0.39, 0.29) is 0 Å². The van der Waals surface area contributed by atoms with Gasteiger partial charge in [-0.15, -0.1) is 0 Å². The van der Waals surface area contributed by atoms with Crippen LogP contribution in [0.4, 0.5) is 37.5 Å². The van der Waals surface area contributed by atoms with Crippen LogP contribution in [-0.2, 0) is 0 Å². The maximum absolute atomic E-state index is 13.4. The first-order valence-electron chi connectivity index (χ1n) is 9.41. The molecule has 0 amide bonds. The van der Waals surface area contributed by atoms with Gasteiger partial charge in [0.05, 0.1) is 0 Å². The monoisotopic (exact) mass is 396 g/mol. The van der Waals surface area contributed by atoms with Crippen LogP contribution in [-0.4, -0.2) is 48.1 Å². The molecule has 2 aromatic carbocycles. The molecule has 3 aromatic rings. The largest absolute Gasteiger partial charge is 0.369 e. The molecule has 1 aliphatic rings. The molecule has 2 heterocycles. The van der Waals surface area contributed by atoms with E-state index in [4.69, 9.17) is 0 Å². The quantitative estimate of drug-likeness (QED) is 0.680. The zero-order valence-corrected chi connectivity index (χ0v) is 16.1. The van der Waals surface area contributed by atoms with Gasteiger partial charge in [-0.25, -0.2) is 18.7 Å². The van der Waals surface area contributed by atoms with E-state index in [1.54, 1.807) is 6.07 Å². The highest BCUT2D eigenvalue weighted by Crippen LogP contribution is 2.23. The Bertz CT molecular complexity index is 971. The molecular weight excluding hydrogens is 374 g/mol. The number of rotatable bonds is 5. The van der Waals surface area contributed by atoms with Gasteiger partial charge in [-0.2, -0.15) is 0 Å². The van der Waals surface area contributed by atoms with Crippen molar-refractivity contribution in [2.45, 2.75) is 0 Å². The van der Waals surface area contributed by atoms with Gasteiger partial charge in [0.15, 0.2) is 11.6 Å². The van der Waals surface area contributed by atoms with Gasteiger partial charge in [-0.3, -0.25) is 0 Å². The molecule has 1 saturated heterocycles. The van der Waals surface area contributed by atoms with E-state index in [9.17, 15) is 8.78 Å². The van der Waals surface area contributed by atoms with Crippen molar-refractivity contribution in [1.82, 2.24) is 14.9 Å². The number of hydrogen-bond acceptors (Lipinski definition) is 6. The van der Waals surface area contributed by atoms with Gasteiger partial charge in [-0.1, -0.05) is 0 Å². The van der Waals surface area contributed by atoms with Gasteiger partial charge in [0, 0.05) is 55.4 Å². The molecule has 0 spiro atoms. The molecule has 0 bridgehead atoms. The Hall–Kier alpha value is -3.26. The van der Waals surface area contributed by atoms with Crippen LogP contribution >= 0.6 is 0 Å². The summed E-state index contributed by atoms with van der Waals surface area (Å²) in [5.74, 6) is -0.733. The summed E-state index contributed by atoms with van der Waals surface area (Å²) in [7, 11) is 2.14. The lowest BCUT2D eigenvalue weighted by Crippen LogP contribution is -2.44. The van der Waals surface area contributed by atoms with Crippen LogP contribution in [0.2, 0.25) is 0 Å². The minimum atomic E-state index is -0.914. The summed E-state index contributed by atoms with van der Waals surface area (Å²) in [6.45, 7) is 4.17. The molecule has 1 aromatic heterocycles. The van der Waals surface area contributed by atoms with E-state index in [0.29, 0.717) is 17.3 Å². The Kier molecular flexibility index (Phi) is 5.53. The first-order chi connectivity index (χ1) is 14.1. The van der Waals surface area contributed by atoms with Gasteiger partial charge in [0.2, 0.25) is 0 Å². The van der Waals surface area contributed by atoms with E-state index in [1.807, 2.05) is 12.1 Å². The number of hydrogen-bond donors (Lipinski definition) is 2. The number of anilines is 5. The molecule has 0 radical (unpaired) electrons. The second-order valence-corrected chi connectivity index (χ2v) is 7.00. The maximum Gasteiger partial charge on any atom is 0.160 e. The molecular formula is C21H22F2N6. The van der Waals surface area contributed by atoms with E-state index < -0.39 is 11.6 Å². The fourth-order valence-corrected chi connectivity index (χ4v) is 3.18. The third kappa shape index (κ3) is 4.78. The van der Waals surface area contributed by atoms with Gasteiger partial charge >= 0.3 is 0 Å². The number of piperazine rings is 1. The first kappa shape index (κ1) is 19.1. The molecule has 1 aliphatic heterocycles. The smallest absolute Gasteiger partial charge is 0.160 e.